The zero-order valence-corrected chi connectivity index (χ0v) is 12.9. The third-order valence-corrected chi connectivity index (χ3v) is 2.83. The van der Waals surface area contributed by atoms with E-state index < -0.39 is 0 Å². The highest BCUT2D eigenvalue weighted by molar-refractivity contribution is 5.75. The van der Waals surface area contributed by atoms with E-state index in [1.807, 2.05) is 0 Å². The Hall–Kier alpha value is -0.570. The minimum Gasteiger partial charge on any atom is -0.355 e. The van der Waals surface area contributed by atoms with Crippen molar-refractivity contribution in [3.63, 3.8) is 0 Å². The standard InChI is InChI=1S/C15H32N2O/c1-13(2)16-11-12-17-14(18)9-7-6-8-10-15(3,4)5/h13,16H,6-12H2,1-5H3,(H,17,18). The van der Waals surface area contributed by atoms with Gasteiger partial charge in [0.25, 0.3) is 0 Å². The van der Waals surface area contributed by atoms with Gasteiger partial charge in [-0.15, -0.1) is 0 Å². The van der Waals surface area contributed by atoms with Crippen LogP contribution in [-0.2, 0) is 4.79 Å². The first-order valence-electron chi connectivity index (χ1n) is 7.31. The van der Waals surface area contributed by atoms with Crippen LogP contribution < -0.4 is 10.6 Å². The first kappa shape index (κ1) is 17.4. The van der Waals surface area contributed by atoms with Gasteiger partial charge in [0.1, 0.15) is 0 Å². The highest BCUT2D eigenvalue weighted by Crippen LogP contribution is 2.22. The van der Waals surface area contributed by atoms with Gasteiger partial charge in [-0.05, 0) is 18.3 Å². The molecule has 2 N–H and O–H groups in total. The van der Waals surface area contributed by atoms with E-state index in [1.54, 1.807) is 0 Å². The molecule has 0 saturated carbocycles. The summed E-state index contributed by atoms with van der Waals surface area (Å²) in [6, 6.07) is 0.485. The Kier molecular flexibility index (Phi) is 9.08. The largest absolute Gasteiger partial charge is 0.355 e. The Morgan fingerprint density at radius 1 is 1.06 bits per heavy atom. The molecule has 3 heteroatoms. The van der Waals surface area contributed by atoms with Gasteiger partial charge in [0, 0.05) is 25.6 Å². The molecular weight excluding hydrogens is 224 g/mol. The van der Waals surface area contributed by atoms with Crippen LogP contribution in [0.3, 0.4) is 0 Å². The lowest BCUT2D eigenvalue weighted by Crippen LogP contribution is -2.34. The fourth-order valence-corrected chi connectivity index (χ4v) is 1.77. The molecule has 0 spiro atoms. The maximum atomic E-state index is 11.5. The third kappa shape index (κ3) is 13.5. The van der Waals surface area contributed by atoms with Crippen molar-refractivity contribution in [3.8, 4) is 0 Å². The number of carbonyl (C=O) groups is 1. The summed E-state index contributed by atoms with van der Waals surface area (Å²) in [4.78, 5) is 11.5. The van der Waals surface area contributed by atoms with Crippen molar-refractivity contribution in [2.24, 2.45) is 5.41 Å². The van der Waals surface area contributed by atoms with Crippen LogP contribution in [0.1, 0.15) is 66.7 Å². The lowest BCUT2D eigenvalue weighted by atomic mass is 9.89. The van der Waals surface area contributed by atoms with Crippen molar-refractivity contribution >= 4 is 5.91 Å². The molecule has 0 rings (SSSR count). The summed E-state index contributed by atoms with van der Waals surface area (Å²) in [7, 11) is 0. The Bertz CT molecular complexity index is 219. The topological polar surface area (TPSA) is 41.1 Å². The molecule has 0 radical (unpaired) electrons. The van der Waals surface area contributed by atoms with E-state index in [9.17, 15) is 4.79 Å². The molecule has 0 unspecified atom stereocenters. The third-order valence-electron chi connectivity index (χ3n) is 2.83. The van der Waals surface area contributed by atoms with Crippen molar-refractivity contribution in [2.75, 3.05) is 13.1 Å². The van der Waals surface area contributed by atoms with E-state index in [1.165, 1.54) is 12.8 Å². The molecule has 0 heterocycles. The number of hydrogen-bond acceptors (Lipinski definition) is 2. The van der Waals surface area contributed by atoms with Gasteiger partial charge in [-0.1, -0.05) is 47.5 Å². The van der Waals surface area contributed by atoms with Crippen LogP contribution in [0.4, 0.5) is 0 Å². The summed E-state index contributed by atoms with van der Waals surface area (Å²) < 4.78 is 0. The van der Waals surface area contributed by atoms with Crippen LogP contribution in [0.15, 0.2) is 0 Å². The summed E-state index contributed by atoms with van der Waals surface area (Å²) in [5.41, 5.74) is 0.421. The summed E-state index contributed by atoms with van der Waals surface area (Å²) in [5, 5.41) is 6.22. The molecule has 1 amide bonds. The Labute approximate surface area is 113 Å². The molecular formula is C15H32N2O. The van der Waals surface area contributed by atoms with Crippen LogP contribution >= 0.6 is 0 Å². The SMILES string of the molecule is CC(C)NCCNC(=O)CCCCCC(C)(C)C. The van der Waals surface area contributed by atoms with Crippen molar-refractivity contribution in [1.29, 1.82) is 0 Å². The van der Waals surface area contributed by atoms with Gasteiger partial charge in [0.15, 0.2) is 0 Å². The molecule has 0 aromatic carbocycles. The second-order valence-corrected chi connectivity index (χ2v) is 6.58. The number of amides is 1. The Balaban J connectivity index is 3.32. The normalized spacial score (nSPS) is 11.9. The second-order valence-electron chi connectivity index (χ2n) is 6.58. The molecule has 18 heavy (non-hydrogen) atoms. The van der Waals surface area contributed by atoms with E-state index in [-0.39, 0.29) is 5.91 Å². The van der Waals surface area contributed by atoms with Crippen LogP contribution in [0.5, 0.6) is 0 Å². The minimum absolute atomic E-state index is 0.191. The average molecular weight is 256 g/mol. The van der Waals surface area contributed by atoms with E-state index >= 15 is 0 Å². The lowest BCUT2D eigenvalue weighted by Gasteiger charge is -2.17. The van der Waals surface area contributed by atoms with Crippen molar-refractivity contribution in [3.05, 3.63) is 0 Å². The van der Waals surface area contributed by atoms with Gasteiger partial charge in [0.05, 0.1) is 0 Å². The van der Waals surface area contributed by atoms with Crippen molar-refractivity contribution in [2.45, 2.75) is 72.8 Å². The monoisotopic (exact) mass is 256 g/mol. The van der Waals surface area contributed by atoms with Gasteiger partial charge in [-0.25, -0.2) is 0 Å². The van der Waals surface area contributed by atoms with Gasteiger partial charge in [0.2, 0.25) is 5.91 Å². The molecule has 0 aromatic rings. The summed E-state index contributed by atoms with van der Waals surface area (Å²) in [6.07, 6.45) is 5.32. The highest BCUT2D eigenvalue weighted by atomic mass is 16.1. The zero-order chi connectivity index (χ0) is 14.0. The van der Waals surface area contributed by atoms with E-state index in [0.29, 0.717) is 17.9 Å². The summed E-state index contributed by atoms with van der Waals surface area (Å²) >= 11 is 0. The maximum Gasteiger partial charge on any atom is 0.220 e. The number of hydrogen-bond donors (Lipinski definition) is 2. The molecule has 108 valence electrons. The number of unbranched alkanes of at least 4 members (excludes halogenated alkanes) is 2. The van der Waals surface area contributed by atoms with Crippen LogP contribution in [0.2, 0.25) is 0 Å². The fraction of sp³-hybridized carbons (Fsp3) is 0.933. The van der Waals surface area contributed by atoms with Crippen LogP contribution in [-0.4, -0.2) is 25.0 Å². The predicted octanol–water partition coefficient (Wildman–Crippen LogP) is 3.10. The molecule has 0 aromatic heterocycles. The van der Waals surface area contributed by atoms with Gasteiger partial charge < -0.3 is 10.6 Å². The lowest BCUT2D eigenvalue weighted by molar-refractivity contribution is -0.121. The number of nitrogens with one attached hydrogen (secondary N) is 2. The number of rotatable bonds is 9. The van der Waals surface area contributed by atoms with Gasteiger partial charge >= 0.3 is 0 Å². The second kappa shape index (κ2) is 9.37. The van der Waals surface area contributed by atoms with E-state index in [2.05, 4.69) is 45.3 Å². The minimum atomic E-state index is 0.191. The van der Waals surface area contributed by atoms with E-state index in [0.717, 1.165) is 25.9 Å². The molecule has 0 aliphatic carbocycles. The van der Waals surface area contributed by atoms with Gasteiger partial charge in [-0.3, -0.25) is 4.79 Å². The summed E-state index contributed by atoms with van der Waals surface area (Å²) in [6.45, 7) is 12.6. The summed E-state index contributed by atoms with van der Waals surface area (Å²) in [5.74, 6) is 0.191. The molecule has 3 nitrogen and oxygen atoms in total. The zero-order valence-electron chi connectivity index (χ0n) is 12.9. The molecule has 0 bridgehead atoms. The molecule has 0 aliphatic heterocycles. The molecule has 0 fully saturated rings. The first-order chi connectivity index (χ1) is 8.31. The average Bonchev–Trinajstić information content (AvgIpc) is 2.22. The van der Waals surface area contributed by atoms with Crippen LogP contribution in [0, 0.1) is 5.41 Å². The quantitative estimate of drug-likeness (QED) is 0.622. The fourth-order valence-electron chi connectivity index (χ4n) is 1.77. The molecule has 0 atom stereocenters. The smallest absolute Gasteiger partial charge is 0.220 e. The first-order valence-corrected chi connectivity index (χ1v) is 7.31. The molecule has 0 aliphatic rings. The molecule has 0 saturated heterocycles. The Morgan fingerprint density at radius 2 is 1.72 bits per heavy atom. The highest BCUT2D eigenvalue weighted by Gasteiger charge is 2.09. The van der Waals surface area contributed by atoms with E-state index in [4.69, 9.17) is 0 Å². The maximum absolute atomic E-state index is 11.5. The predicted molar refractivity (Wildman–Crippen MR) is 78.7 cm³/mol. The Morgan fingerprint density at radius 3 is 2.28 bits per heavy atom. The van der Waals surface area contributed by atoms with Crippen molar-refractivity contribution in [1.82, 2.24) is 10.6 Å². The van der Waals surface area contributed by atoms with Gasteiger partial charge in [-0.2, -0.15) is 0 Å². The number of carbonyl (C=O) groups excluding carboxylic acids is 1. The van der Waals surface area contributed by atoms with Crippen LogP contribution in [0.25, 0.3) is 0 Å². The van der Waals surface area contributed by atoms with Crippen molar-refractivity contribution < 1.29 is 4.79 Å².